The fourth-order valence-corrected chi connectivity index (χ4v) is 1.57. The van der Waals surface area contributed by atoms with Gasteiger partial charge in [-0.1, -0.05) is 0 Å². The van der Waals surface area contributed by atoms with E-state index >= 15 is 0 Å². The molecule has 1 aromatic carbocycles. The van der Waals surface area contributed by atoms with Crippen molar-refractivity contribution in [1.82, 2.24) is 4.90 Å². The standard InChI is InChI=1S/C13H17F3N2O2/c1-2-18(9-13(14,15)16)12(19)7-8-20-11-5-3-10(17)4-6-11/h3-6H,2,7-9,17H2,1H3. The maximum absolute atomic E-state index is 12.2. The first kappa shape index (κ1) is 16.1. The number of anilines is 1. The van der Waals surface area contributed by atoms with Gasteiger partial charge in [-0.05, 0) is 31.2 Å². The van der Waals surface area contributed by atoms with Crippen molar-refractivity contribution in [2.45, 2.75) is 19.5 Å². The van der Waals surface area contributed by atoms with E-state index in [9.17, 15) is 18.0 Å². The quantitative estimate of drug-likeness (QED) is 0.819. The monoisotopic (exact) mass is 290 g/mol. The highest BCUT2D eigenvalue weighted by Gasteiger charge is 2.32. The fraction of sp³-hybridized carbons (Fsp3) is 0.462. The van der Waals surface area contributed by atoms with Crippen LogP contribution < -0.4 is 10.5 Å². The molecule has 2 N–H and O–H groups in total. The minimum absolute atomic E-state index is 0.0141. The molecule has 0 heterocycles. The van der Waals surface area contributed by atoms with E-state index in [0.717, 1.165) is 4.90 Å². The molecule has 0 aromatic heterocycles. The number of hydrogen-bond acceptors (Lipinski definition) is 3. The largest absolute Gasteiger partial charge is 0.493 e. The lowest BCUT2D eigenvalue weighted by atomic mass is 10.3. The molecule has 0 radical (unpaired) electrons. The Bertz CT molecular complexity index is 432. The molecule has 0 bridgehead atoms. The number of carbonyl (C=O) groups is 1. The van der Waals surface area contributed by atoms with Crippen LogP contribution in [0.5, 0.6) is 5.75 Å². The smallest absolute Gasteiger partial charge is 0.406 e. The summed E-state index contributed by atoms with van der Waals surface area (Å²) in [6.07, 6.45) is -4.49. The van der Waals surface area contributed by atoms with Gasteiger partial charge < -0.3 is 15.4 Å². The number of nitrogens with zero attached hydrogens (tertiary/aromatic N) is 1. The number of nitrogen functional groups attached to an aromatic ring is 1. The van der Waals surface area contributed by atoms with Gasteiger partial charge in [-0.2, -0.15) is 13.2 Å². The number of nitrogens with two attached hydrogens (primary N) is 1. The number of amides is 1. The Morgan fingerprint density at radius 1 is 1.30 bits per heavy atom. The second-order valence-electron chi connectivity index (χ2n) is 4.19. The minimum atomic E-state index is -4.39. The molecule has 1 aromatic rings. The molecule has 20 heavy (non-hydrogen) atoms. The third kappa shape index (κ3) is 5.81. The van der Waals surface area contributed by atoms with E-state index in [1.807, 2.05) is 0 Å². The molecule has 4 nitrogen and oxygen atoms in total. The molecular formula is C13H17F3N2O2. The van der Waals surface area contributed by atoms with Crippen LogP contribution in [0.4, 0.5) is 18.9 Å². The zero-order chi connectivity index (χ0) is 15.2. The highest BCUT2D eigenvalue weighted by molar-refractivity contribution is 5.76. The van der Waals surface area contributed by atoms with E-state index in [1.165, 1.54) is 6.92 Å². The first-order valence-electron chi connectivity index (χ1n) is 6.14. The van der Waals surface area contributed by atoms with Gasteiger partial charge in [0, 0.05) is 12.2 Å². The van der Waals surface area contributed by atoms with Crippen molar-refractivity contribution in [3.8, 4) is 5.75 Å². The summed E-state index contributed by atoms with van der Waals surface area (Å²) in [4.78, 5) is 12.4. The van der Waals surface area contributed by atoms with Gasteiger partial charge in [-0.15, -0.1) is 0 Å². The third-order valence-electron chi connectivity index (χ3n) is 2.57. The van der Waals surface area contributed by atoms with Crippen LogP contribution in [-0.2, 0) is 4.79 Å². The summed E-state index contributed by atoms with van der Waals surface area (Å²) < 4.78 is 42.0. The van der Waals surface area contributed by atoms with Crippen LogP contribution in [0.15, 0.2) is 24.3 Å². The van der Waals surface area contributed by atoms with E-state index in [2.05, 4.69) is 0 Å². The summed E-state index contributed by atoms with van der Waals surface area (Å²) >= 11 is 0. The molecule has 112 valence electrons. The minimum Gasteiger partial charge on any atom is -0.493 e. The number of rotatable bonds is 6. The molecule has 1 rings (SSSR count). The number of ether oxygens (including phenoxy) is 1. The first-order valence-corrected chi connectivity index (χ1v) is 6.14. The Morgan fingerprint density at radius 2 is 1.90 bits per heavy atom. The summed E-state index contributed by atoms with van der Waals surface area (Å²) in [6.45, 7) is 0.312. The molecule has 7 heteroatoms. The second-order valence-corrected chi connectivity index (χ2v) is 4.19. The second kappa shape index (κ2) is 7.02. The van der Waals surface area contributed by atoms with Crippen LogP contribution in [0.1, 0.15) is 13.3 Å². The van der Waals surface area contributed by atoms with Crippen LogP contribution in [-0.4, -0.2) is 36.7 Å². The topological polar surface area (TPSA) is 55.6 Å². The SMILES string of the molecule is CCN(CC(F)(F)F)C(=O)CCOc1ccc(N)cc1. The van der Waals surface area contributed by atoms with Gasteiger partial charge in [0.25, 0.3) is 0 Å². The van der Waals surface area contributed by atoms with E-state index in [-0.39, 0.29) is 19.6 Å². The first-order chi connectivity index (χ1) is 9.31. The summed E-state index contributed by atoms with van der Waals surface area (Å²) in [7, 11) is 0. The predicted molar refractivity (Wildman–Crippen MR) is 69.3 cm³/mol. The van der Waals surface area contributed by atoms with E-state index in [1.54, 1.807) is 24.3 Å². The van der Waals surface area contributed by atoms with Crippen molar-refractivity contribution in [1.29, 1.82) is 0 Å². The van der Waals surface area contributed by atoms with Gasteiger partial charge in [-0.3, -0.25) is 4.79 Å². The van der Waals surface area contributed by atoms with Crippen molar-refractivity contribution >= 4 is 11.6 Å². The molecule has 0 fully saturated rings. The Kier molecular flexibility index (Phi) is 5.66. The molecule has 1 amide bonds. The van der Waals surface area contributed by atoms with Crippen molar-refractivity contribution in [2.24, 2.45) is 0 Å². The molecule has 0 spiro atoms. The Balaban J connectivity index is 2.40. The average molecular weight is 290 g/mol. The van der Waals surface area contributed by atoms with Crippen LogP contribution >= 0.6 is 0 Å². The fourth-order valence-electron chi connectivity index (χ4n) is 1.57. The highest BCUT2D eigenvalue weighted by Crippen LogP contribution is 2.17. The van der Waals surface area contributed by atoms with Gasteiger partial charge in [0.05, 0.1) is 13.0 Å². The normalized spacial score (nSPS) is 11.2. The zero-order valence-electron chi connectivity index (χ0n) is 11.1. The highest BCUT2D eigenvalue weighted by atomic mass is 19.4. The number of hydrogen-bond donors (Lipinski definition) is 1. The van der Waals surface area contributed by atoms with Crippen molar-refractivity contribution < 1.29 is 22.7 Å². The van der Waals surface area contributed by atoms with Gasteiger partial charge in [0.2, 0.25) is 5.91 Å². The Hall–Kier alpha value is -1.92. The van der Waals surface area contributed by atoms with Crippen LogP contribution in [0.3, 0.4) is 0 Å². The third-order valence-corrected chi connectivity index (χ3v) is 2.57. The molecule has 0 atom stereocenters. The van der Waals surface area contributed by atoms with Crippen LogP contribution in [0, 0.1) is 0 Å². The van der Waals surface area contributed by atoms with Crippen LogP contribution in [0.2, 0.25) is 0 Å². The van der Waals surface area contributed by atoms with Gasteiger partial charge in [-0.25, -0.2) is 0 Å². The van der Waals surface area contributed by atoms with Crippen molar-refractivity contribution in [3.63, 3.8) is 0 Å². The average Bonchev–Trinajstić information content (AvgIpc) is 2.37. The van der Waals surface area contributed by atoms with Gasteiger partial charge in [0.1, 0.15) is 12.3 Å². The number of alkyl halides is 3. The van der Waals surface area contributed by atoms with Gasteiger partial charge >= 0.3 is 6.18 Å². The number of halogens is 3. The molecule has 0 unspecified atom stereocenters. The summed E-state index contributed by atoms with van der Waals surface area (Å²) in [5.74, 6) is -0.0638. The maximum Gasteiger partial charge on any atom is 0.406 e. The summed E-state index contributed by atoms with van der Waals surface area (Å²) in [5.41, 5.74) is 6.08. The predicted octanol–water partition coefficient (Wildman–Crippen LogP) is 2.45. The lowest BCUT2D eigenvalue weighted by Crippen LogP contribution is -2.39. The Morgan fingerprint density at radius 3 is 2.40 bits per heavy atom. The van der Waals surface area contributed by atoms with Gasteiger partial charge in [0.15, 0.2) is 0 Å². The van der Waals surface area contributed by atoms with E-state index in [0.29, 0.717) is 11.4 Å². The molecule has 0 saturated heterocycles. The van der Waals surface area contributed by atoms with Crippen molar-refractivity contribution in [3.05, 3.63) is 24.3 Å². The van der Waals surface area contributed by atoms with Crippen molar-refractivity contribution in [2.75, 3.05) is 25.4 Å². The summed E-state index contributed by atoms with van der Waals surface area (Å²) in [5, 5.41) is 0. The molecule has 0 aliphatic rings. The lowest BCUT2D eigenvalue weighted by molar-refractivity contribution is -0.161. The molecule has 0 saturated carbocycles. The molecule has 0 aliphatic heterocycles. The number of benzene rings is 1. The molecule has 0 aliphatic carbocycles. The molecular weight excluding hydrogens is 273 g/mol. The zero-order valence-corrected chi connectivity index (χ0v) is 11.1. The van der Waals surface area contributed by atoms with E-state index in [4.69, 9.17) is 10.5 Å². The maximum atomic E-state index is 12.2. The summed E-state index contributed by atoms with van der Waals surface area (Å²) in [6, 6.07) is 6.54. The van der Waals surface area contributed by atoms with E-state index < -0.39 is 18.6 Å². The van der Waals surface area contributed by atoms with Crippen LogP contribution in [0.25, 0.3) is 0 Å². The Labute approximate surface area is 115 Å². The lowest BCUT2D eigenvalue weighted by Gasteiger charge is -2.22. The number of carbonyl (C=O) groups excluding carboxylic acids is 1.